The average molecular weight is 236 g/mol. The maximum atomic E-state index is 6.03. The number of nitrogens with zero attached hydrogens (tertiary/aromatic N) is 2. The van der Waals surface area contributed by atoms with E-state index >= 15 is 0 Å². The van der Waals surface area contributed by atoms with E-state index in [1.807, 2.05) is 30.3 Å². The predicted molar refractivity (Wildman–Crippen MR) is 74.3 cm³/mol. The van der Waals surface area contributed by atoms with Crippen LogP contribution in [0.4, 0.5) is 5.69 Å². The summed E-state index contributed by atoms with van der Waals surface area (Å²) in [4.78, 5) is 9.04. The van der Waals surface area contributed by atoms with Crippen LogP contribution in [0, 0.1) is 6.07 Å². The Labute approximate surface area is 106 Å². The molecule has 1 aromatic carbocycles. The van der Waals surface area contributed by atoms with Crippen molar-refractivity contribution < 1.29 is 0 Å². The molecule has 1 aliphatic heterocycles. The molecule has 0 unspecified atom stereocenters. The van der Waals surface area contributed by atoms with Crippen LogP contribution in [0.1, 0.15) is 12.8 Å². The minimum absolute atomic E-state index is 0.687. The summed E-state index contributed by atoms with van der Waals surface area (Å²) in [5.74, 6) is 0. The van der Waals surface area contributed by atoms with E-state index in [1.165, 1.54) is 5.57 Å². The third kappa shape index (κ3) is 2.12. The molecular formula is C15H14N3. The molecule has 2 N–H and O–H groups in total. The number of hydrogen-bond acceptors (Lipinski definition) is 3. The van der Waals surface area contributed by atoms with E-state index in [4.69, 9.17) is 5.73 Å². The summed E-state index contributed by atoms with van der Waals surface area (Å²) in [5, 5.41) is 0. The molecule has 0 bridgehead atoms. The van der Waals surface area contributed by atoms with Gasteiger partial charge >= 0.3 is 0 Å². The van der Waals surface area contributed by atoms with Crippen molar-refractivity contribution in [2.24, 2.45) is 15.7 Å². The van der Waals surface area contributed by atoms with Crippen molar-refractivity contribution in [1.29, 1.82) is 0 Å². The van der Waals surface area contributed by atoms with Crippen LogP contribution in [0.2, 0.25) is 0 Å². The summed E-state index contributed by atoms with van der Waals surface area (Å²) < 4.78 is 0. The number of aliphatic imine (C=N–C) groups is 2. The Hall–Kier alpha value is -2.16. The van der Waals surface area contributed by atoms with Gasteiger partial charge in [0, 0.05) is 6.54 Å². The molecule has 18 heavy (non-hydrogen) atoms. The van der Waals surface area contributed by atoms with E-state index in [1.54, 1.807) is 0 Å². The molecule has 3 heteroatoms. The quantitative estimate of drug-likeness (QED) is 0.748. The number of allylic oxidation sites excluding steroid dienone is 3. The van der Waals surface area contributed by atoms with Crippen molar-refractivity contribution in [3.8, 4) is 0 Å². The zero-order chi connectivity index (χ0) is 12.4. The summed E-state index contributed by atoms with van der Waals surface area (Å²) in [7, 11) is 0. The highest BCUT2D eigenvalue weighted by atomic mass is 14.8. The molecule has 1 radical (unpaired) electrons. The van der Waals surface area contributed by atoms with Gasteiger partial charge in [0.15, 0.2) is 0 Å². The maximum Gasteiger partial charge on any atom is 0.0870 e. The first-order chi connectivity index (χ1) is 8.83. The van der Waals surface area contributed by atoms with Gasteiger partial charge in [0.05, 0.1) is 22.8 Å². The van der Waals surface area contributed by atoms with E-state index in [9.17, 15) is 0 Å². The summed E-state index contributed by atoms with van der Waals surface area (Å²) in [6, 6.07) is 10.5. The first kappa shape index (κ1) is 11.0. The van der Waals surface area contributed by atoms with Crippen molar-refractivity contribution in [1.82, 2.24) is 0 Å². The number of benzene rings is 1. The first-order valence-electron chi connectivity index (χ1n) is 6.11. The number of rotatable bonds is 1. The fourth-order valence-electron chi connectivity index (χ4n) is 2.14. The largest absolute Gasteiger partial charge is 0.397 e. The monoisotopic (exact) mass is 236 g/mol. The summed E-state index contributed by atoms with van der Waals surface area (Å²) >= 11 is 0. The van der Waals surface area contributed by atoms with Crippen molar-refractivity contribution in [2.45, 2.75) is 12.8 Å². The van der Waals surface area contributed by atoms with Crippen LogP contribution in [0.15, 0.2) is 57.7 Å². The Morgan fingerprint density at radius 1 is 1.22 bits per heavy atom. The lowest BCUT2D eigenvalue weighted by atomic mass is 9.94. The van der Waals surface area contributed by atoms with E-state index < -0.39 is 0 Å². The molecule has 1 heterocycles. The first-order valence-corrected chi connectivity index (χ1v) is 6.11. The van der Waals surface area contributed by atoms with E-state index in [0.29, 0.717) is 5.70 Å². The maximum absolute atomic E-state index is 6.03. The number of nitrogens with two attached hydrogens (primary N) is 1. The molecule has 0 saturated carbocycles. The molecule has 1 aliphatic carbocycles. The van der Waals surface area contributed by atoms with Gasteiger partial charge in [0.25, 0.3) is 0 Å². The van der Waals surface area contributed by atoms with Gasteiger partial charge in [-0.15, -0.1) is 0 Å². The zero-order valence-electron chi connectivity index (χ0n) is 10.1. The van der Waals surface area contributed by atoms with Crippen LogP contribution >= 0.6 is 0 Å². The highest BCUT2D eigenvalue weighted by Gasteiger charge is 2.17. The Morgan fingerprint density at radius 3 is 2.89 bits per heavy atom. The fourth-order valence-corrected chi connectivity index (χ4v) is 2.14. The summed E-state index contributed by atoms with van der Waals surface area (Å²) in [6.07, 6.45) is 6.16. The minimum atomic E-state index is 0.687. The molecule has 0 amide bonds. The van der Waals surface area contributed by atoms with Gasteiger partial charge in [-0.1, -0.05) is 12.1 Å². The molecule has 0 saturated heterocycles. The third-order valence-electron chi connectivity index (χ3n) is 3.06. The van der Waals surface area contributed by atoms with Gasteiger partial charge in [0.2, 0.25) is 0 Å². The van der Waals surface area contributed by atoms with Crippen molar-refractivity contribution in [3.63, 3.8) is 0 Å². The average Bonchev–Trinajstić information content (AvgIpc) is 2.41. The minimum Gasteiger partial charge on any atom is -0.397 e. The molecule has 0 spiro atoms. The van der Waals surface area contributed by atoms with E-state index in [0.717, 1.165) is 36.5 Å². The van der Waals surface area contributed by atoms with Crippen LogP contribution in [-0.2, 0) is 0 Å². The molecule has 2 aliphatic rings. The number of fused-ring (bicyclic) bond motifs is 1. The molecule has 3 rings (SSSR count). The molecule has 3 nitrogen and oxygen atoms in total. The highest BCUT2D eigenvalue weighted by Crippen LogP contribution is 2.22. The molecule has 89 valence electrons. The topological polar surface area (TPSA) is 50.7 Å². The summed E-state index contributed by atoms with van der Waals surface area (Å²) in [5.41, 5.74) is 10.7. The Kier molecular flexibility index (Phi) is 2.81. The highest BCUT2D eigenvalue weighted by molar-refractivity contribution is 6.24. The Bertz CT molecular complexity index is 577. The SMILES string of the molecule is NC1=CC2=NCCCC2=CC1=Nc1cc[c]cc1. The van der Waals surface area contributed by atoms with Crippen LogP contribution < -0.4 is 5.73 Å². The van der Waals surface area contributed by atoms with Gasteiger partial charge in [-0.2, -0.15) is 0 Å². The van der Waals surface area contributed by atoms with E-state index in [-0.39, 0.29) is 0 Å². The Balaban J connectivity index is 1.99. The lowest BCUT2D eigenvalue weighted by Gasteiger charge is -2.18. The van der Waals surface area contributed by atoms with Crippen LogP contribution in [0.5, 0.6) is 0 Å². The van der Waals surface area contributed by atoms with Crippen LogP contribution in [-0.4, -0.2) is 18.0 Å². The van der Waals surface area contributed by atoms with Gasteiger partial charge in [0.1, 0.15) is 0 Å². The predicted octanol–water partition coefficient (Wildman–Crippen LogP) is 2.58. The fraction of sp³-hybridized carbons (Fsp3) is 0.200. The van der Waals surface area contributed by atoms with Gasteiger partial charge < -0.3 is 5.73 Å². The molecule has 0 fully saturated rings. The normalized spacial score (nSPS) is 20.9. The van der Waals surface area contributed by atoms with Gasteiger partial charge in [-0.3, -0.25) is 4.99 Å². The van der Waals surface area contributed by atoms with Crippen LogP contribution in [0.25, 0.3) is 0 Å². The van der Waals surface area contributed by atoms with Gasteiger partial charge in [-0.25, -0.2) is 4.99 Å². The third-order valence-corrected chi connectivity index (χ3v) is 3.06. The van der Waals surface area contributed by atoms with Crippen molar-refractivity contribution in [3.05, 3.63) is 53.8 Å². The smallest absolute Gasteiger partial charge is 0.0870 e. The standard InChI is InChI=1S/C15H14N3/c16-13-10-14-11(5-4-8-17-14)9-15(13)18-12-6-2-1-3-7-12/h2-3,6-7,9-10H,4-5,8,16H2. The second-order valence-electron chi connectivity index (χ2n) is 4.40. The lowest BCUT2D eigenvalue weighted by molar-refractivity contribution is 0.816. The molecular weight excluding hydrogens is 222 g/mol. The second-order valence-corrected chi connectivity index (χ2v) is 4.40. The zero-order valence-corrected chi connectivity index (χ0v) is 10.1. The summed E-state index contributed by atoms with van der Waals surface area (Å²) in [6.45, 7) is 0.900. The molecule has 0 atom stereocenters. The lowest BCUT2D eigenvalue weighted by Crippen LogP contribution is -2.21. The van der Waals surface area contributed by atoms with Gasteiger partial charge in [-0.05, 0) is 48.8 Å². The van der Waals surface area contributed by atoms with Crippen molar-refractivity contribution in [2.75, 3.05) is 6.54 Å². The Morgan fingerprint density at radius 2 is 2.06 bits per heavy atom. The van der Waals surface area contributed by atoms with Crippen LogP contribution in [0.3, 0.4) is 0 Å². The van der Waals surface area contributed by atoms with E-state index in [2.05, 4.69) is 22.1 Å². The van der Waals surface area contributed by atoms with Crippen molar-refractivity contribution >= 4 is 17.1 Å². The number of hydrogen-bond donors (Lipinski definition) is 1. The molecule has 1 aromatic rings. The molecule has 0 aromatic heterocycles. The second kappa shape index (κ2) is 4.61.